The van der Waals surface area contributed by atoms with Crippen molar-refractivity contribution in [3.63, 3.8) is 0 Å². The Kier molecular flexibility index (Phi) is 4.53. The Morgan fingerprint density at radius 3 is 2.57 bits per heavy atom. The van der Waals surface area contributed by atoms with Crippen LogP contribution in [0.1, 0.15) is 28.9 Å². The minimum absolute atomic E-state index is 0. The molecule has 0 saturated carbocycles. The van der Waals surface area contributed by atoms with Gasteiger partial charge in [0.1, 0.15) is 5.82 Å². The van der Waals surface area contributed by atoms with Gasteiger partial charge in [-0.05, 0) is 25.1 Å². The standard InChI is InChI=1S/C9H10FNO2.ClH/c1-5(11)7-4-6(9(12)13)2-3-8(7)10;/h2-5H,11H2,1H3,(H,12,13);1H/t5-;/m1./s1. The smallest absolute Gasteiger partial charge is 0.335 e. The number of aromatic carboxylic acids is 1. The van der Waals surface area contributed by atoms with Crippen LogP contribution < -0.4 is 5.73 Å². The zero-order valence-corrected chi connectivity index (χ0v) is 8.34. The lowest BCUT2D eigenvalue weighted by atomic mass is 10.1. The molecule has 0 radical (unpaired) electrons. The molecule has 0 heterocycles. The quantitative estimate of drug-likeness (QED) is 0.799. The van der Waals surface area contributed by atoms with E-state index in [0.29, 0.717) is 0 Å². The average molecular weight is 220 g/mol. The van der Waals surface area contributed by atoms with Crippen LogP contribution in [-0.4, -0.2) is 11.1 Å². The molecule has 0 amide bonds. The van der Waals surface area contributed by atoms with E-state index in [1.54, 1.807) is 6.92 Å². The van der Waals surface area contributed by atoms with Crippen LogP contribution in [-0.2, 0) is 0 Å². The fourth-order valence-corrected chi connectivity index (χ4v) is 1.03. The molecular formula is C9H11ClFNO2. The third-order valence-electron chi connectivity index (χ3n) is 1.73. The Morgan fingerprint density at radius 1 is 1.57 bits per heavy atom. The van der Waals surface area contributed by atoms with Gasteiger partial charge in [-0.2, -0.15) is 0 Å². The highest BCUT2D eigenvalue weighted by atomic mass is 35.5. The van der Waals surface area contributed by atoms with Crippen molar-refractivity contribution < 1.29 is 14.3 Å². The van der Waals surface area contributed by atoms with E-state index in [1.807, 2.05) is 0 Å². The van der Waals surface area contributed by atoms with Crippen molar-refractivity contribution in [3.8, 4) is 0 Å². The monoisotopic (exact) mass is 219 g/mol. The molecule has 0 aliphatic heterocycles. The third-order valence-corrected chi connectivity index (χ3v) is 1.73. The van der Waals surface area contributed by atoms with Crippen LogP contribution in [0, 0.1) is 5.82 Å². The lowest BCUT2D eigenvalue weighted by Crippen LogP contribution is -2.09. The van der Waals surface area contributed by atoms with Crippen molar-refractivity contribution in [3.05, 3.63) is 35.1 Å². The van der Waals surface area contributed by atoms with Crippen LogP contribution in [0.2, 0.25) is 0 Å². The molecule has 3 N–H and O–H groups in total. The van der Waals surface area contributed by atoms with E-state index in [4.69, 9.17) is 10.8 Å². The number of benzene rings is 1. The van der Waals surface area contributed by atoms with Gasteiger partial charge in [0.15, 0.2) is 0 Å². The fraction of sp³-hybridized carbons (Fsp3) is 0.222. The Balaban J connectivity index is 0.00000169. The van der Waals surface area contributed by atoms with E-state index < -0.39 is 17.8 Å². The van der Waals surface area contributed by atoms with Crippen LogP contribution in [0.3, 0.4) is 0 Å². The van der Waals surface area contributed by atoms with Crippen molar-refractivity contribution in [1.29, 1.82) is 0 Å². The molecule has 14 heavy (non-hydrogen) atoms. The number of hydrogen-bond acceptors (Lipinski definition) is 2. The highest BCUT2D eigenvalue weighted by molar-refractivity contribution is 5.87. The van der Waals surface area contributed by atoms with Gasteiger partial charge >= 0.3 is 5.97 Å². The molecule has 0 unspecified atom stereocenters. The van der Waals surface area contributed by atoms with E-state index in [-0.39, 0.29) is 23.5 Å². The molecule has 0 saturated heterocycles. The summed E-state index contributed by atoms with van der Waals surface area (Å²) in [6.45, 7) is 1.60. The zero-order valence-electron chi connectivity index (χ0n) is 7.53. The summed E-state index contributed by atoms with van der Waals surface area (Å²) in [6, 6.07) is 3.08. The van der Waals surface area contributed by atoms with Gasteiger partial charge in [-0.15, -0.1) is 12.4 Å². The molecule has 0 bridgehead atoms. The summed E-state index contributed by atoms with van der Waals surface area (Å²) in [5.74, 6) is -1.55. The van der Waals surface area contributed by atoms with Gasteiger partial charge in [0, 0.05) is 11.6 Å². The molecule has 78 valence electrons. The predicted octanol–water partition coefficient (Wildman–Crippen LogP) is 1.97. The number of carbonyl (C=O) groups is 1. The maximum Gasteiger partial charge on any atom is 0.335 e. The summed E-state index contributed by atoms with van der Waals surface area (Å²) in [4.78, 5) is 10.5. The Bertz CT molecular complexity index is 342. The number of rotatable bonds is 2. The van der Waals surface area contributed by atoms with Gasteiger partial charge in [0.25, 0.3) is 0 Å². The van der Waals surface area contributed by atoms with Crippen molar-refractivity contribution in [2.45, 2.75) is 13.0 Å². The van der Waals surface area contributed by atoms with Crippen molar-refractivity contribution >= 4 is 18.4 Å². The molecule has 0 aliphatic rings. The van der Waals surface area contributed by atoms with Gasteiger partial charge in [-0.25, -0.2) is 9.18 Å². The van der Waals surface area contributed by atoms with Crippen molar-refractivity contribution in [1.82, 2.24) is 0 Å². The minimum Gasteiger partial charge on any atom is -0.478 e. The third kappa shape index (κ3) is 2.68. The summed E-state index contributed by atoms with van der Waals surface area (Å²) in [6.07, 6.45) is 0. The molecule has 1 atom stereocenters. The summed E-state index contributed by atoms with van der Waals surface area (Å²) < 4.78 is 13.0. The first kappa shape index (κ1) is 12.9. The van der Waals surface area contributed by atoms with Crippen molar-refractivity contribution in [2.24, 2.45) is 5.73 Å². The normalized spacial score (nSPS) is 11.6. The molecule has 0 aliphatic carbocycles. The number of carboxylic acids is 1. The maximum atomic E-state index is 13.0. The Morgan fingerprint density at radius 2 is 2.14 bits per heavy atom. The maximum absolute atomic E-state index is 13.0. The zero-order chi connectivity index (χ0) is 10.0. The number of halogens is 2. The second-order valence-electron chi connectivity index (χ2n) is 2.83. The van der Waals surface area contributed by atoms with E-state index in [0.717, 1.165) is 6.07 Å². The molecule has 5 heteroatoms. The summed E-state index contributed by atoms with van der Waals surface area (Å²) >= 11 is 0. The van der Waals surface area contributed by atoms with E-state index in [1.165, 1.54) is 12.1 Å². The molecule has 0 spiro atoms. The van der Waals surface area contributed by atoms with Crippen LogP contribution in [0.15, 0.2) is 18.2 Å². The van der Waals surface area contributed by atoms with Crippen LogP contribution >= 0.6 is 12.4 Å². The predicted molar refractivity (Wildman–Crippen MR) is 53.2 cm³/mol. The number of carboxylic acid groups (broad SMARTS) is 1. The molecule has 0 fully saturated rings. The number of nitrogens with two attached hydrogens (primary N) is 1. The van der Waals surface area contributed by atoms with E-state index >= 15 is 0 Å². The van der Waals surface area contributed by atoms with E-state index in [9.17, 15) is 9.18 Å². The van der Waals surface area contributed by atoms with Gasteiger partial charge < -0.3 is 10.8 Å². The van der Waals surface area contributed by atoms with Gasteiger partial charge in [-0.3, -0.25) is 0 Å². The molecule has 3 nitrogen and oxygen atoms in total. The molecular weight excluding hydrogens is 209 g/mol. The van der Waals surface area contributed by atoms with Crippen LogP contribution in [0.25, 0.3) is 0 Å². The number of hydrogen-bond donors (Lipinski definition) is 2. The Hall–Kier alpha value is -1.13. The lowest BCUT2D eigenvalue weighted by Gasteiger charge is -2.07. The van der Waals surface area contributed by atoms with Gasteiger partial charge in [0.2, 0.25) is 0 Å². The van der Waals surface area contributed by atoms with Crippen LogP contribution in [0.4, 0.5) is 4.39 Å². The second kappa shape index (κ2) is 4.93. The topological polar surface area (TPSA) is 63.3 Å². The largest absolute Gasteiger partial charge is 0.478 e. The first-order chi connectivity index (χ1) is 6.02. The summed E-state index contributed by atoms with van der Waals surface area (Å²) in [5, 5.41) is 8.62. The molecule has 1 aromatic rings. The highest BCUT2D eigenvalue weighted by Gasteiger charge is 2.10. The molecule has 0 aromatic heterocycles. The van der Waals surface area contributed by atoms with Crippen LogP contribution in [0.5, 0.6) is 0 Å². The highest BCUT2D eigenvalue weighted by Crippen LogP contribution is 2.16. The molecule has 1 rings (SSSR count). The second-order valence-corrected chi connectivity index (χ2v) is 2.83. The van der Waals surface area contributed by atoms with Gasteiger partial charge in [-0.1, -0.05) is 0 Å². The van der Waals surface area contributed by atoms with Gasteiger partial charge in [0.05, 0.1) is 5.56 Å². The fourth-order valence-electron chi connectivity index (χ4n) is 1.03. The van der Waals surface area contributed by atoms with E-state index in [2.05, 4.69) is 0 Å². The Labute approximate surface area is 87.1 Å². The first-order valence-electron chi connectivity index (χ1n) is 3.80. The summed E-state index contributed by atoms with van der Waals surface area (Å²) in [5.41, 5.74) is 5.72. The summed E-state index contributed by atoms with van der Waals surface area (Å²) in [7, 11) is 0. The average Bonchev–Trinajstić information content (AvgIpc) is 2.04. The first-order valence-corrected chi connectivity index (χ1v) is 3.80. The lowest BCUT2D eigenvalue weighted by molar-refractivity contribution is 0.0696. The van der Waals surface area contributed by atoms with Crippen molar-refractivity contribution in [2.75, 3.05) is 0 Å². The molecule has 1 aromatic carbocycles. The SMILES string of the molecule is C[C@@H](N)c1cc(C(=O)O)ccc1F.Cl. The minimum atomic E-state index is -1.08.